The zero-order chi connectivity index (χ0) is 19.3. The Bertz CT molecular complexity index is 893. The second kappa shape index (κ2) is 6.09. The van der Waals surface area contributed by atoms with Gasteiger partial charge in [-0.3, -0.25) is 0 Å². The molecule has 0 radical (unpaired) electrons. The standard InChI is InChI=1S/C19H27N3O3S/c1-18(2,3)15-10-16(22-25-15)21-11-14-17(19(14,4)5)12-6-8-13(9-7-12)26(20,23)24/h6-10,14,17H,11H2,1-5H3,(H,21,22)(H2,20,23,24). The fourth-order valence-electron chi connectivity index (χ4n) is 3.58. The normalized spacial score (nSPS) is 22.2. The van der Waals surface area contributed by atoms with E-state index in [1.165, 1.54) is 0 Å². The number of hydrogen-bond acceptors (Lipinski definition) is 5. The van der Waals surface area contributed by atoms with Gasteiger partial charge in [0.2, 0.25) is 10.0 Å². The van der Waals surface area contributed by atoms with E-state index >= 15 is 0 Å². The van der Waals surface area contributed by atoms with Crippen LogP contribution in [0.4, 0.5) is 5.82 Å². The minimum atomic E-state index is -3.65. The minimum absolute atomic E-state index is 0.0700. The van der Waals surface area contributed by atoms with E-state index in [0.29, 0.717) is 11.8 Å². The molecule has 1 aromatic carbocycles. The number of benzene rings is 1. The lowest BCUT2D eigenvalue weighted by molar-refractivity contribution is 0.330. The summed E-state index contributed by atoms with van der Waals surface area (Å²) in [6, 6.07) is 8.83. The van der Waals surface area contributed by atoms with Crippen LogP contribution in [0, 0.1) is 11.3 Å². The van der Waals surface area contributed by atoms with Gasteiger partial charge in [0.15, 0.2) is 5.82 Å². The maximum atomic E-state index is 11.4. The molecule has 26 heavy (non-hydrogen) atoms. The molecule has 7 heteroatoms. The predicted molar refractivity (Wildman–Crippen MR) is 102 cm³/mol. The van der Waals surface area contributed by atoms with Crippen molar-refractivity contribution in [3.8, 4) is 0 Å². The highest BCUT2D eigenvalue weighted by molar-refractivity contribution is 7.89. The largest absolute Gasteiger partial charge is 0.367 e. The molecule has 0 spiro atoms. The second-order valence-corrected chi connectivity index (χ2v) is 10.3. The fraction of sp³-hybridized carbons (Fsp3) is 0.526. The third-order valence-corrected chi connectivity index (χ3v) is 6.30. The molecule has 6 nitrogen and oxygen atoms in total. The van der Waals surface area contributed by atoms with Crippen molar-refractivity contribution in [2.24, 2.45) is 16.5 Å². The Morgan fingerprint density at radius 1 is 1.23 bits per heavy atom. The first-order valence-electron chi connectivity index (χ1n) is 8.74. The molecule has 2 unspecified atom stereocenters. The topological polar surface area (TPSA) is 98.2 Å². The number of sulfonamides is 1. The molecular formula is C19H27N3O3S. The van der Waals surface area contributed by atoms with E-state index in [4.69, 9.17) is 9.66 Å². The molecule has 1 aliphatic carbocycles. The molecule has 1 aliphatic rings. The highest BCUT2D eigenvalue weighted by Crippen LogP contribution is 2.64. The van der Waals surface area contributed by atoms with Crippen molar-refractivity contribution in [3.05, 3.63) is 41.7 Å². The van der Waals surface area contributed by atoms with E-state index in [1.54, 1.807) is 12.1 Å². The quantitative estimate of drug-likeness (QED) is 0.831. The molecule has 1 heterocycles. The van der Waals surface area contributed by atoms with Gasteiger partial charge in [-0.15, -0.1) is 0 Å². The number of aromatic nitrogens is 1. The van der Waals surface area contributed by atoms with Crippen LogP contribution in [-0.4, -0.2) is 20.1 Å². The summed E-state index contributed by atoms with van der Waals surface area (Å²) >= 11 is 0. The molecule has 142 valence electrons. The van der Waals surface area contributed by atoms with Crippen molar-refractivity contribution in [2.45, 2.75) is 50.8 Å². The summed E-state index contributed by atoms with van der Waals surface area (Å²) in [6.45, 7) is 11.5. The lowest BCUT2D eigenvalue weighted by atomic mass is 9.93. The lowest BCUT2D eigenvalue weighted by Gasteiger charge is -2.12. The number of nitrogens with two attached hydrogens (primary N) is 1. The molecule has 2 aromatic rings. The van der Waals surface area contributed by atoms with E-state index in [2.05, 4.69) is 45.1 Å². The number of nitrogens with one attached hydrogen (secondary N) is 1. The van der Waals surface area contributed by atoms with Crippen LogP contribution >= 0.6 is 0 Å². The molecule has 0 amide bonds. The SMILES string of the molecule is CC(C)(C)c1cc(NCC2C(c3ccc(S(N)(=O)=O)cc3)C2(C)C)no1. The van der Waals surface area contributed by atoms with Crippen LogP contribution in [0.3, 0.4) is 0 Å². The van der Waals surface area contributed by atoms with Gasteiger partial charge in [0.25, 0.3) is 0 Å². The number of hydrogen-bond donors (Lipinski definition) is 2. The summed E-state index contributed by atoms with van der Waals surface area (Å²) in [6.07, 6.45) is 0. The van der Waals surface area contributed by atoms with Crippen molar-refractivity contribution < 1.29 is 12.9 Å². The summed E-state index contributed by atoms with van der Waals surface area (Å²) in [5.74, 6) is 2.39. The summed E-state index contributed by atoms with van der Waals surface area (Å²) in [5, 5.41) is 12.6. The monoisotopic (exact) mass is 377 g/mol. The van der Waals surface area contributed by atoms with Crippen molar-refractivity contribution in [3.63, 3.8) is 0 Å². The molecule has 0 aliphatic heterocycles. The number of nitrogens with zero attached hydrogens (tertiary/aromatic N) is 1. The van der Waals surface area contributed by atoms with Crippen LogP contribution in [0.25, 0.3) is 0 Å². The van der Waals surface area contributed by atoms with Gasteiger partial charge >= 0.3 is 0 Å². The molecule has 3 N–H and O–H groups in total. The van der Waals surface area contributed by atoms with Gasteiger partial charge in [-0.2, -0.15) is 0 Å². The maximum absolute atomic E-state index is 11.4. The van der Waals surface area contributed by atoms with Crippen LogP contribution in [0.15, 0.2) is 39.8 Å². The molecule has 1 aromatic heterocycles. The van der Waals surface area contributed by atoms with Crippen molar-refractivity contribution in [1.29, 1.82) is 0 Å². The van der Waals surface area contributed by atoms with Gasteiger partial charge < -0.3 is 9.84 Å². The van der Waals surface area contributed by atoms with E-state index in [-0.39, 0.29) is 15.7 Å². The summed E-state index contributed by atoms with van der Waals surface area (Å²) in [7, 11) is -3.65. The number of anilines is 1. The third-order valence-electron chi connectivity index (χ3n) is 5.37. The Labute approximate surface area is 155 Å². The highest BCUT2D eigenvalue weighted by atomic mass is 32.2. The molecule has 0 bridgehead atoms. The van der Waals surface area contributed by atoms with Gasteiger partial charge in [-0.1, -0.05) is 51.9 Å². The van der Waals surface area contributed by atoms with Crippen LogP contribution in [0.1, 0.15) is 51.9 Å². The van der Waals surface area contributed by atoms with E-state index in [9.17, 15) is 8.42 Å². The van der Waals surface area contributed by atoms with Gasteiger partial charge in [-0.05, 0) is 34.9 Å². The average molecular weight is 378 g/mol. The van der Waals surface area contributed by atoms with Gasteiger partial charge in [0.05, 0.1) is 4.90 Å². The van der Waals surface area contributed by atoms with Crippen molar-refractivity contribution in [2.75, 3.05) is 11.9 Å². The Balaban J connectivity index is 1.67. The van der Waals surface area contributed by atoms with Crippen LogP contribution in [0.5, 0.6) is 0 Å². The van der Waals surface area contributed by atoms with E-state index in [1.807, 2.05) is 18.2 Å². The van der Waals surface area contributed by atoms with E-state index < -0.39 is 10.0 Å². The number of primary sulfonamides is 1. The molecule has 0 saturated heterocycles. The van der Waals surface area contributed by atoms with Gasteiger partial charge in [-0.25, -0.2) is 13.6 Å². The first kappa shape index (κ1) is 18.9. The Morgan fingerprint density at radius 2 is 1.85 bits per heavy atom. The zero-order valence-corrected chi connectivity index (χ0v) is 16.7. The number of rotatable bonds is 5. The molecular weight excluding hydrogens is 350 g/mol. The zero-order valence-electron chi connectivity index (χ0n) is 15.9. The summed E-state index contributed by atoms with van der Waals surface area (Å²) in [4.78, 5) is 0.145. The molecule has 3 rings (SSSR count). The lowest BCUT2D eigenvalue weighted by Crippen LogP contribution is -2.11. The van der Waals surface area contributed by atoms with Crippen LogP contribution in [0.2, 0.25) is 0 Å². The maximum Gasteiger partial charge on any atom is 0.238 e. The first-order chi connectivity index (χ1) is 11.9. The van der Waals surface area contributed by atoms with Gasteiger partial charge in [0.1, 0.15) is 5.76 Å². The predicted octanol–water partition coefficient (Wildman–Crippen LogP) is 3.47. The summed E-state index contributed by atoms with van der Waals surface area (Å²) < 4.78 is 28.2. The third kappa shape index (κ3) is 3.64. The van der Waals surface area contributed by atoms with Crippen LogP contribution < -0.4 is 10.5 Å². The smallest absolute Gasteiger partial charge is 0.238 e. The van der Waals surface area contributed by atoms with Crippen molar-refractivity contribution >= 4 is 15.8 Å². The Morgan fingerprint density at radius 3 is 2.35 bits per heavy atom. The fourth-order valence-corrected chi connectivity index (χ4v) is 4.09. The van der Waals surface area contributed by atoms with Crippen LogP contribution in [-0.2, 0) is 15.4 Å². The molecule has 1 fully saturated rings. The van der Waals surface area contributed by atoms with Gasteiger partial charge in [0, 0.05) is 18.0 Å². The highest BCUT2D eigenvalue weighted by Gasteiger charge is 2.57. The molecule has 2 atom stereocenters. The Kier molecular flexibility index (Phi) is 4.43. The average Bonchev–Trinajstić information content (AvgIpc) is 2.85. The minimum Gasteiger partial charge on any atom is -0.367 e. The summed E-state index contributed by atoms with van der Waals surface area (Å²) in [5.41, 5.74) is 1.19. The van der Waals surface area contributed by atoms with E-state index in [0.717, 1.165) is 23.7 Å². The van der Waals surface area contributed by atoms with Crippen molar-refractivity contribution in [1.82, 2.24) is 5.16 Å². The first-order valence-corrected chi connectivity index (χ1v) is 10.3. The second-order valence-electron chi connectivity index (χ2n) is 8.73. The Hall–Kier alpha value is -1.86. The molecule has 1 saturated carbocycles.